The molecule has 2 aromatic rings. The van der Waals surface area contributed by atoms with E-state index in [0.29, 0.717) is 12.3 Å². The third-order valence-electron chi connectivity index (χ3n) is 2.91. The Morgan fingerprint density at radius 3 is 2.81 bits per heavy atom. The zero-order chi connectivity index (χ0) is 15.5. The van der Waals surface area contributed by atoms with Crippen molar-refractivity contribution in [2.24, 2.45) is 7.05 Å². The van der Waals surface area contributed by atoms with Gasteiger partial charge in [-0.25, -0.2) is 13.1 Å². The molecule has 0 aromatic carbocycles. The summed E-state index contributed by atoms with van der Waals surface area (Å²) < 4.78 is 34.3. The quantitative estimate of drug-likeness (QED) is 0.761. The predicted molar refractivity (Wildman–Crippen MR) is 81.0 cm³/mol. The second-order valence-electron chi connectivity index (χ2n) is 4.40. The molecule has 2 heterocycles. The van der Waals surface area contributed by atoms with Crippen LogP contribution in [0.2, 0.25) is 0 Å². The van der Waals surface area contributed by atoms with Gasteiger partial charge in [-0.2, -0.15) is 5.10 Å². The lowest BCUT2D eigenvalue weighted by Gasteiger charge is -2.05. The van der Waals surface area contributed by atoms with Crippen LogP contribution in [0.25, 0.3) is 0 Å². The highest BCUT2D eigenvalue weighted by Crippen LogP contribution is 2.26. The lowest BCUT2D eigenvalue weighted by Crippen LogP contribution is -2.24. The number of sulfonamides is 1. The summed E-state index contributed by atoms with van der Waals surface area (Å²) in [5.41, 5.74) is 0.770. The number of furan rings is 1. The van der Waals surface area contributed by atoms with Gasteiger partial charge >= 0.3 is 0 Å². The normalized spacial score (nSPS) is 12.0. The molecule has 0 bridgehead atoms. The van der Waals surface area contributed by atoms with Gasteiger partial charge in [0.2, 0.25) is 10.0 Å². The van der Waals surface area contributed by atoms with E-state index in [4.69, 9.17) is 4.42 Å². The van der Waals surface area contributed by atoms with Crippen LogP contribution in [0.4, 0.5) is 0 Å². The SMILES string of the molecule is CCNCc1cc(S(=O)(=O)NCc2ccnn2C)c(Br)o1. The van der Waals surface area contributed by atoms with Crippen LogP contribution in [-0.4, -0.2) is 24.7 Å². The van der Waals surface area contributed by atoms with Crippen LogP contribution in [-0.2, 0) is 30.2 Å². The van der Waals surface area contributed by atoms with E-state index in [2.05, 4.69) is 31.1 Å². The fourth-order valence-corrected chi connectivity index (χ4v) is 3.73. The van der Waals surface area contributed by atoms with Crippen molar-refractivity contribution in [1.29, 1.82) is 0 Å². The number of aryl methyl sites for hydroxylation is 1. The number of nitrogens with one attached hydrogen (secondary N) is 2. The Kier molecular flexibility index (Phi) is 5.20. The van der Waals surface area contributed by atoms with E-state index in [-0.39, 0.29) is 16.1 Å². The van der Waals surface area contributed by atoms with E-state index < -0.39 is 10.0 Å². The van der Waals surface area contributed by atoms with Gasteiger partial charge in [-0.15, -0.1) is 0 Å². The van der Waals surface area contributed by atoms with Gasteiger partial charge in [0.15, 0.2) is 4.67 Å². The molecule has 0 spiro atoms. The summed E-state index contributed by atoms with van der Waals surface area (Å²) in [6, 6.07) is 3.27. The summed E-state index contributed by atoms with van der Waals surface area (Å²) in [5.74, 6) is 0.560. The van der Waals surface area contributed by atoms with Crippen LogP contribution < -0.4 is 10.0 Å². The highest BCUT2D eigenvalue weighted by atomic mass is 79.9. The van der Waals surface area contributed by atoms with Crippen molar-refractivity contribution >= 4 is 26.0 Å². The van der Waals surface area contributed by atoms with Crippen molar-refractivity contribution in [3.05, 3.63) is 34.5 Å². The standard InChI is InChI=1S/C12H17BrN4O3S/c1-3-14-8-10-6-11(12(13)20-10)21(18,19)16-7-9-4-5-15-17(9)2/h4-6,14,16H,3,7-8H2,1-2H3. The summed E-state index contributed by atoms with van der Waals surface area (Å²) in [7, 11) is -1.89. The van der Waals surface area contributed by atoms with Crippen LogP contribution in [0.1, 0.15) is 18.4 Å². The highest BCUT2D eigenvalue weighted by Gasteiger charge is 2.22. The topological polar surface area (TPSA) is 89.2 Å². The Labute approximate surface area is 131 Å². The van der Waals surface area contributed by atoms with Gasteiger partial charge in [0, 0.05) is 19.3 Å². The summed E-state index contributed by atoms with van der Waals surface area (Å²) in [6.45, 7) is 3.38. The minimum Gasteiger partial charge on any atom is -0.452 e. The average Bonchev–Trinajstić information content (AvgIpc) is 3.00. The second-order valence-corrected chi connectivity index (χ2v) is 6.86. The van der Waals surface area contributed by atoms with E-state index in [1.54, 1.807) is 24.0 Å². The Morgan fingerprint density at radius 1 is 1.43 bits per heavy atom. The third-order valence-corrected chi connectivity index (χ3v) is 5.17. The van der Waals surface area contributed by atoms with Crippen LogP contribution in [0.3, 0.4) is 0 Å². The molecule has 9 heteroatoms. The molecule has 0 radical (unpaired) electrons. The van der Waals surface area contributed by atoms with E-state index in [0.717, 1.165) is 12.2 Å². The van der Waals surface area contributed by atoms with Gasteiger partial charge in [0.1, 0.15) is 10.7 Å². The molecule has 7 nitrogen and oxygen atoms in total. The number of halogens is 1. The second kappa shape index (κ2) is 6.73. The molecule has 0 atom stereocenters. The van der Waals surface area contributed by atoms with Crippen molar-refractivity contribution in [2.75, 3.05) is 6.54 Å². The van der Waals surface area contributed by atoms with Gasteiger partial charge in [-0.3, -0.25) is 4.68 Å². The van der Waals surface area contributed by atoms with Gasteiger partial charge in [-0.1, -0.05) is 6.92 Å². The first-order chi connectivity index (χ1) is 9.94. The van der Waals surface area contributed by atoms with Crippen molar-refractivity contribution in [3.63, 3.8) is 0 Å². The molecule has 0 saturated carbocycles. The minimum atomic E-state index is -3.65. The van der Waals surface area contributed by atoms with Gasteiger partial charge in [0.05, 0.1) is 18.8 Å². The molecule has 0 aliphatic rings. The molecule has 0 aliphatic heterocycles. The van der Waals surface area contributed by atoms with Crippen molar-refractivity contribution < 1.29 is 12.8 Å². The molecule has 0 amide bonds. The lowest BCUT2D eigenvalue weighted by atomic mass is 10.4. The maximum Gasteiger partial charge on any atom is 0.245 e. The lowest BCUT2D eigenvalue weighted by molar-refractivity contribution is 0.464. The molecule has 2 N–H and O–H groups in total. The highest BCUT2D eigenvalue weighted by molar-refractivity contribution is 9.10. The molecular weight excluding hydrogens is 360 g/mol. The number of hydrogen-bond acceptors (Lipinski definition) is 5. The summed E-state index contributed by atoms with van der Waals surface area (Å²) in [5, 5.41) is 7.07. The largest absolute Gasteiger partial charge is 0.452 e. The Hall–Kier alpha value is -1.16. The Bertz CT molecular complexity index is 708. The first kappa shape index (κ1) is 16.2. The fraction of sp³-hybridized carbons (Fsp3) is 0.417. The predicted octanol–water partition coefficient (Wildman–Crippen LogP) is 1.36. The molecule has 2 aromatic heterocycles. The van der Waals surface area contributed by atoms with Crippen molar-refractivity contribution in [1.82, 2.24) is 19.8 Å². The third kappa shape index (κ3) is 3.94. The zero-order valence-corrected chi connectivity index (χ0v) is 14.2. The van der Waals surface area contributed by atoms with E-state index in [1.807, 2.05) is 6.92 Å². The molecule has 0 fully saturated rings. The smallest absolute Gasteiger partial charge is 0.245 e. The van der Waals surface area contributed by atoms with E-state index in [9.17, 15) is 8.42 Å². The van der Waals surface area contributed by atoms with Crippen molar-refractivity contribution in [3.8, 4) is 0 Å². The summed E-state index contributed by atoms with van der Waals surface area (Å²) in [4.78, 5) is 0.0950. The number of rotatable bonds is 7. The van der Waals surface area contributed by atoms with Crippen molar-refractivity contribution in [2.45, 2.75) is 24.9 Å². The molecule has 21 heavy (non-hydrogen) atoms. The maximum atomic E-state index is 12.3. The molecule has 2 rings (SSSR count). The van der Waals surface area contributed by atoms with Crippen LogP contribution >= 0.6 is 15.9 Å². The van der Waals surface area contributed by atoms with Crippen LogP contribution in [0.5, 0.6) is 0 Å². The van der Waals surface area contributed by atoms with E-state index in [1.165, 1.54) is 6.07 Å². The van der Waals surface area contributed by atoms with Crippen LogP contribution in [0.15, 0.2) is 32.3 Å². The fourth-order valence-electron chi connectivity index (χ4n) is 1.74. The first-order valence-corrected chi connectivity index (χ1v) is 8.67. The average molecular weight is 377 g/mol. The summed E-state index contributed by atoms with van der Waals surface area (Å²) in [6.07, 6.45) is 1.62. The number of hydrogen-bond donors (Lipinski definition) is 2. The molecule has 0 unspecified atom stereocenters. The molecule has 116 valence electrons. The van der Waals surface area contributed by atoms with Gasteiger partial charge in [-0.05, 0) is 28.5 Å². The monoisotopic (exact) mass is 376 g/mol. The van der Waals surface area contributed by atoms with Gasteiger partial charge < -0.3 is 9.73 Å². The Morgan fingerprint density at radius 2 is 2.19 bits per heavy atom. The first-order valence-electron chi connectivity index (χ1n) is 6.39. The zero-order valence-electron chi connectivity index (χ0n) is 11.8. The van der Waals surface area contributed by atoms with Gasteiger partial charge in [0.25, 0.3) is 0 Å². The number of aromatic nitrogens is 2. The molecule has 0 saturated heterocycles. The maximum absolute atomic E-state index is 12.3. The van der Waals surface area contributed by atoms with E-state index >= 15 is 0 Å². The minimum absolute atomic E-state index is 0.0950. The molecule has 0 aliphatic carbocycles. The summed E-state index contributed by atoms with van der Waals surface area (Å²) >= 11 is 3.15. The van der Waals surface area contributed by atoms with Crippen LogP contribution in [0, 0.1) is 0 Å². The Balaban J connectivity index is 2.12. The molecular formula is C12H17BrN4O3S. The number of nitrogens with zero attached hydrogens (tertiary/aromatic N) is 2.